The highest BCUT2D eigenvalue weighted by atomic mass is 32.2. The lowest BCUT2D eigenvalue weighted by molar-refractivity contribution is 0.306. The number of hydrogen-bond acceptors (Lipinski definition) is 3. The molecule has 0 heterocycles. The van der Waals surface area contributed by atoms with Crippen molar-refractivity contribution in [3.8, 4) is 0 Å². The molecule has 1 fully saturated rings. The Morgan fingerprint density at radius 3 is 2.68 bits per heavy atom. The van der Waals surface area contributed by atoms with Gasteiger partial charge in [-0.2, -0.15) is 0 Å². The van der Waals surface area contributed by atoms with Gasteiger partial charge in [0.25, 0.3) is 0 Å². The van der Waals surface area contributed by atoms with Gasteiger partial charge in [0.15, 0.2) is 0 Å². The average Bonchev–Trinajstić information content (AvgIpc) is 3.17. The van der Waals surface area contributed by atoms with Crippen LogP contribution < -0.4 is 4.31 Å². The van der Waals surface area contributed by atoms with Crippen LogP contribution in [0.25, 0.3) is 0 Å². The molecule has 1 aromatic carbocycles. The molecule has 1 saturated carbocycles. The summed E-state index contributed by atoms with van der Waals surface area (Å²) in [7, 11) is -3.50. The Balaban J connectivity index is 2.17. The number of sulfonamides is 1. The first-order valence-corrected chi connectivity index (χ1v) is 8.00. The Bertz CT molecular complexity index is 528. The van der Waals surface area contributed by atoms with Crippen LogP contribution in [0, 0.1) is 11.7 Å². The summed E-state index contributed by atoms with van der Waals surface area (Å²) in [4.78, 5) is 0. The SMILES string of the molecule is O=S(=O)(CCC1CC1)N(CCO)c1cccc(F)c1. The van der Waals surface area contributed by atoms with E-state index in [9.17, 15) is 12.8 Å². The summed E-state index contributed by atoms with van der Waals surface area (Å²) in [6.07, 6.45) is 2.82. The molecule has 1 aromatic rings. The van der Waals surface area contributed by atoms with Gasteiger partial charge in [-0.3, -0.25) is 4.31 Å². The molecule has 19 heavy (non-hydrogen) atoms. The van der Waals surface area contributed by atoms with Crippen LogP contribution in [0.15, 0.2) is 24.3 Å². The number of hydrogen-bond donors (Lipinski definition) is 1. The number of nitrogens with zero attached hydrogens (tertiary/aromatic N) is 1. The minimum absolute atomic E-state index is 0.0452. The molecule has 2 rings (SSSR count). The van der Waals surface area contributed by atoms with Crippen LogP contribution in [0.5, 0.6) is 0 Å². The first-order chi connectivity index (χ1) is 9.03. The second kappa shape index (κ2) is 5.88. The zero-order valence-electron chi connectivity index (χ0n) is 10.6. The van der Waals surface area contributed by atoms with Crippen LogP contribution in [0.1, 0.15) is 19.3 Å². The maximum Gasteiger partial charge on any atom is 0.235 e. The summed E-state index contributed by atoms with van der Waals surface area (Å²) in [6.45, 7) is -0.338. The van der Waals surface area contributed by atoms with E-state index in [2.05, 4.69) is 0 Å². The Kier molecular flexibility index (Phi) is 4.42. The fourth-order valence-electron chi connectivity index (χ4n) is 1.98. The molecule has 0 bridgehead atoms. The van der Waals surface area contributed by atoms with Crippen LogP contribution in [-0.4, -0.2) is 32.4 Å². The number of aliphatic hydroxyl groups excluding tert-OH is 1. The summed E-state index contributed by atoms with van der Waals surface area (Å²) in [5, 5.41) is 9.02. The third-order valence-corrected chi connectivity index (χ3v) is 5.03. The van der Waals surface area contributed by atoms with E-state index in [1.54, 1.807) is 0 Å². The van der Waals surface area contributed by atoms with Crippen molar-refractivity contribution in [1.82, 2.24) is 0 Å². The standard InChI is InChI=1S/C13H18FNO3S/c14-12-2-1-3-13(10-12)15(7-8-16)19(17,18)9-6-11-4-5-11/h1-3,10-11,16H,4-9H2. The largest absolute Gasteiger partial charge is 0.394 e. The van der Waals surface area contributed by atoms with E-state index in [1.807, 2.05) is 0 Å². The summed E-state index contributed by atoms with van der Waals surface area (Å²) in [6, 6.07) is 5.43. The molecular weight excluding hydrogens is 269 g/mol. The molecule has 0 saturated heterocycles. The van der Waals surface area contributed by atoms with Crippen molar-refractivity contribution in [2.45, 2.75) is 19.3 Å². The number of benzene rings is 1. The predicted octanol–water partition coefficient (Wildman–Crippen LogP) is 1.75. The first-order valence-electron chi connectivity index (χ1n) is 6.40. The van der Waals surface area contributed by atoms with Crippen molar-refractivity contribution in [2.24, 2.45) is 5.92 Å². The molecule has 6 heteroatoms. The van der Waals surface area contributed by atoms with E-state index < -0.39 is 15.8 Å². The van der Waals surface area contributed by atoms with Crippen LogP contribution in [0.2, 0.25) is 0 Å². The predicted molar refractivity (Wildman–Crippen MR) is 72.0 cm³/mol. The first kappa shape index (κ1) is 14.3. The summed E-state index contributed by atoms with van der Waals surface area (Å²) >= 11 is 0. The van der Waals surface area contributed by atoms with Crippen LogP contribution in [0.3, 0.4) is 0 Å². The molecule has 1 aliphatic carbocycles. The van der Waals surface area contributed by atoms with Gasteiger partial charge in [0.05, 0.1) is 24.6 Å². The minimum atomic E-state index is -3.50. The van der Waals surface area contributed by atoms with E-state index >= 15 is 0 Å². The van der Waals surface area contributed by atoms with E-state index in [1.165, 1.54) is 24.3 Å². The van der Waals surface area contributed by atoms with E-state index in [-0.39, 0.29) is 24.6 Å². The fraction of sp³-hybridized carbons (Fsp3) is 0.538. The second-order valence-corrected chi connectivity index (χ2v) is 6.84. The van der Waals surface area contributed by atoms with Gasteiger partial charge in [-0.1, -0.05) is 18.9 Å². The van der Waals surface area contributed by atoms with E-state index in [0.29, 0.717) is 12.3 Å². The maximum atomic E-state index is 13.2. The van der Waals surface area contributed by atoms with Gasteiger partial charge in [0.2, 0.25) is 10.0 Å². The quantitative estimate of drug-likeness (QED) is 0.831. The summed E-state index contributed by atoms with van der Waals surface area (Å²) in [5.41, 5.74) is 0.268. The molecule has 0 spiro atoms. The van der Waals surface area contributed by atoms with Gasteiger partial charge in [-0.15, -0.1) is 0 Å². The molecule has 0 aliphatic heterocycles. The number of rotatable bonds is 7. The van der Waals surface area contributed by atoms with Crippen LogP contribution in [0.4, 0.5) is 10.1 Å². The third kappa shape index (κ3) is 3.91. The zero-order chi connectivity index (χ0) is 13.9. The highest BCUT2D eigenvalue weighted by molar-refractivity contribution is 7.92. The number of halogens is 1. The van der Waals surface area contributed by atoms with E-state index in [0.717, 1.165) is 17.1 Å². The number of aliphatic hydroxyl groups is 1. The Labute approximate surface area is 112 Å². The Morgan fingerprint density at radius 1 is 1.37 bits per heavy atom. The average molecular weight is 287 g/mol. The highest BCUT2D eigenvalue weighted by Gasteiger charge is 2.27. The minimum Gasteiger partial charge on any atom is -0.394 e. The van der Waals surface area contributed by atoms with Crippen LogP contribution in [-0.2, 0) is 10.0 Å². The normalized spacial score (nSPS) is 15.5. The lowest BCUT2D eigenvalue weighted by atomic mass is 10.3. The van der Waals surface area contributed by atoms with Crippen molar-refractivity contribution in [1.29, 1.82) is 0 Å². The summed E-state index contributed by atoms with van der Waals surface area (Å²) < 4.78 is 38.8. The molecule has 1 aliphatic rings. The monoisotopic (exact) mass is 287 g/mol. The Hall–Kier alpha value is -1.14. The van der Waals surface area contributed by atoms with Crippen molar-refractivity contribution >= 4 is 15.7 Å². The fourth-order valence-corrected chi connectivity index (χ4v) is 3.63. The van der Waals surface area contributed by atoms with Gasteiger partial charge < -0.3 is 5.11 Å². The number of anilines is 1. The van der Waals surface area contributed by atoms with E-state index in [4.69, 9.17) is 5.11 Å². The lowest BCUT2D eigenvalue weighted by Gasteiger charge is -2.23. The lowest BCUT2D eigenvalue weighted by Crippen LogP contribution is -2.35. The molecule has 1 N–H and O–H groups in total. The maximum absolute atomic E-state index is 13.2. The molecular formula is C13H18FNO3S. The topological polar surface area (TPSA) is 57.6 Å². The van der Waals surface area contributed by atoms with Gasteiger partial charge in [0.1, 0.15) is 5.82 Å². The van der Waals surface area contributed by atoms with Crippen molar-refractivity contribution in [2.75, 3.05) is 23.2 Å². The van der Waals surface area contributed by atoms with Crippen molar-refractivity contribution in [3.63, 3.8) is 0 Å². The molecule has 0 amide bonds. The zero-order valence-corrected chi connectivity index (χ0v) is 11.4. The molecule has 106 valence electrons. The molecule has 0 aromatic heterocycles. The van der Waals surface area contributed by atoms with Crippen LogP contribution >= 0.6 is 0 Å². The molecule has 4 nitrogen and oxygen atoms in total. The van der Waals surface area contributed by atoms with Gasteiger partial charge in [0, 0.05) is 0 Å². The molecule has 0 radical (unpaired) electrons. The van der Waals surface area contributed by atoms with Crippen molar-refractivity contribution in [3.05, 3.63) is 30.1 Å². The van der Waals surface area contributed by atoms with Gasteiger partial charge in [-0.25, -0.2) is 12.8 Å². The second-order valence-electron chi connectivity index (χ2n) is 4.82. The molecule has 0 atom stereocenters. The smallest absolute Gasteiger partial charge is 0.235 e. The van der Waals surface area contributed by atoms with Crippen molar-refractivity contribution < 1.29 is 17.9 Å². The third-order valence-electron chi connectivity index (χ3n) is 3.22. The molecule has 0 unspecified atom stereocenters. The summed E-state index contributed by atoms with van der Waals surface area (Å²) in [5.74, 6) is 0.0739. The Morgan fingerprint density at radius 2 is 2.11 bits per heavy atom. The highest BCUT2D eigenvalue weighted by Crippen LogP contribution is 2.33. The van der Waals surface area contributed by atoms with Gasteiger partial charge >= 0.3 is 0 Å². The van der Waals surface area contributed by atoms with Gasteiger partial charge in [-0.05, 0) is 30.5 Å².